The van der Waals surface area contributed by atoms with Crippen LogP contribution in [-0.4, -0.2) is 36.6 Å². The molecule has 0 aromatic carbocycles. The Kier molecular flexibility index (Phi) is 4.38. The van der Waals surface area contributed by atoms with E-state index in [4.69, 9.17) is 0 Å². The summed E-state index contributed by atoms with van der Waals surface area (Å²) in [7, 11) is 0. The molecule has 1 aliphatic carbocycles. The van der Waals surface area contributed by atoms with E-state index in [9.17, 15) is 0 Å². The van der Waals surface area contributed by atoms with Crippen molar-refractivity contribution in [1.82, 2.24) is 10.2 Å². The standard InChI is InChI=1S/C16H32N2/c1-12-7-6-8-14(12)10-18-11-15(16(3,4)5)17-9-13(18)2/h12-15,17H,6-11H2,1-5H3. The summed E-state index contributed by atoms with van der Waals surface area (Å²) in [6.07, 6.45) is 4.36. The molecule has 2 fully saturated rings. The van der Waals surface area contributed by atoms with Gasteiger partial charge in [-0.15, -0.1) is 0 Å². The lowest BCUT2D eigenvalue weighted by molar-refractivity contribution is 0.0746. The summed E-state index contributed by atoms with van der Waals surface area (Å²) in [6.45, 7) is 15.6. The highest BCUT2D eigenvalue weighted by Gasteiger charge is 2.34. The van der Waals surface area contributed by atoms with Crippen molar-refractivity contribution in [2.45, 2.75) is 66.0 Å². The second-order valence-electron chi connectivity index (χ2n) is 7.80. The fourth-order valence-corrected chi connectivity index (χ4v) is 3.55. The van der Waals surface area contributed by atoms with Crippen molar-refractivity contribution in [2.75, 3.05) is 19.6 Å². The quantitative estimate of drug-likeness (QED) is 0.812. The van der Waals surface area contributed by atoms with E-state index in [1.807, 2.05) is 0 Å². The maximum absolute atomic E-state index is 3.73. The fourth-order valence-electron chi connectivity index (χ4n) is 3.55. The first-order valence-electron chi connectivity index (χ1n) is 7.85. The summed E-state index contributed by atoms with van der Waals surface area (Å²) >= 11 is 0. The van der Waals surface area contributed by atoms with Gasteiger partial charge in [-0.2, -0.15) is 0 Å². The minimum absolute atomic E-state index is 0.375. The highest BCUT2D eigenvalue weighted by molar-refractivity contribution is 4.92. The Morgan fingerprint density at radius 2 is 1.89 bits per heavy atom. The van der Waals surface area contributed by atoms with Gasteiger partial charge in [-0.3, -0.25) is 4.90 Å². The normalized spacial score (nSPS) is 39.2. The summed E-state index contributed by atoms with van der Waals surface area (Å²) in [5.41, 5.74) is 0.375. The molecule has 2 nitrogen and oxygen atoms in total. The maximum atomic E-state index is 3.73. The summed E-state index contributed by atoms with van der Waals surface area (Å²) in [6, 6.07) is 1.35. The van der Waals surface area contributed by atoms with Crippen LogP contribution in [0.1, 0.15) is 53.9 Å². The SMILES string of the molecule is CC1CCCC1CN1CC(C(C)(C)C)NCC1C. The van der Waals surface area contributed by atoms with Gasteiger partial charge in [-0.1, -0.05) is 40.5 Å². The third-order valence-electron chi connectivity index (χ3n) is 5.25. The van der Waals surface area contributed by atoms with Crippen molar-refractivity contribution in [3.8, 4) is 0 Å². The van der Waals surface area contributed by atoms with E-state index >= 15 is 0 Å². The van der Waals surface area contributed by atoms with Gasteiger partial charge in [-0.05, 0) is 30.6 Å². The minimum atomic E-state index is 0.375. The molecule has 0 bridgehead atoms. The number of hydrogen-bond donors (Lipinski definition) is 1. The lowest BCUT2D eigenvalue weighted by atomic mass is 9.84. The van der Waals surface area contributed by atoms with Gasteiger partial charge in [0.25, 0.3) is 0 Å². The van der Waals surface area contributed by atoms with Crippen molar-refractivity contribution in [3.05, 3.63) is 0 Å². The third-order valence-corrected chi connectivity index (χ3v) is 5.25. The molecule has 0 amide bonds. The van der Waals surface area contributed by atoms with Crippen LogP contribution in [0.4, 0.5) is 0 Å². The Hall–Kier alpha value is -0.0800. The van der Waals surface area contributed by atoms with Crippen LogP contribution < -0.4 is 5.32 Å². The van der Waals surface area contributed by atoms with Gasteiger partial charge in [0.15, 0.2) is 0 Å². The molecule has 0 aromatic rings. The third kappa shape index (κ3) is 3.27. The van der Waals surface area contributed by atoms with Crippen LogP contribution in [0.25, 0.3) is 0 Å². The van der Waals surface area contributed by atoms with E-state index in [1.165, 1.54) is 32.4 Å². The van der Waals surface area contributed by atoms with Crippen LogP contribution >= 0.6 is 0 Å². The highest BCUT2D eigenvalue weighted by Crippen LogP contribution is 2.33. The van der Waals surface area contributed by atoms with Gasteiger partial charge in [0, 0.05) is 31.7 Å². The summed E-state index contributed by atoms with van der Waals surface area (Å²) in [5, 5.41) is 3.73. The molecule has 0 aromatic heterocycles. The molecule has 2 aliphatic rings. The van der Waals surface area contributed by atoms with Crippen molar-refractivity contribution >= 4 is 0 Å². The average Bonchev–Trinajstić information content (AvgIpc) is 2.66. The van der Waals surface area contributed by atoms with Gasteiger partial charge in [0.05, 0.1) is 0 Å². The van der Waals surface area contributed by atoms with E-state index in [-0.39, 0.29) is 0 Å². The zero-order valence-corrected chi connectivity index (χ0v) is 13.0. The number of hydrogen-bond acceptors (Lipinski definition) is 2. The van der Waals surface area contributed by atoms with Crippen molar-refractivity contribution in [2.24, 2.45) is 17.3 Å². The van der Waals surface area contributed by atoms with Crippen LogP contribution in [0, 0.1) is 17.3 Å². The van der Waals surface area contributed by atoms with Gasteiger partial charge < -0.3 is 5.32 Å². The molecule has 1 saturated heterocycles. The molecule has 4 unspecified atom stereocenters. The Morgan fingerprint density at radius 1 is 1.17 bits per heavy atom. The van der Waals surface area contributed by atoms with Gasteiger partial charge >= 0.3 is 0 Å². The Balaban J connectivity index is 1.93. The predicted octanol–water partition coefficient (Wildman–Crippen LogP) is 3.13. The molecule has 106 valence electrons. The van der Waals surface area contributed by atoms with E-state index < -0.39 is 0 Å². The molecule has 2 heteroatoms. The summed E-state index contributed by atoms with van der Waals surface area (Å²) < 4.78 is 0. The first-order valence-corrected chi connectivity index (χ1v) is 7.85. The number of piperazine rings is 1. The van der Waals surface area contributed by atoms with E-state index in [0.29, 0.717) is 17.5 Å². The van der Waals surface area contributed by atoms with Gasteiger partial charge in [0.2, 0.25) is 0 Å². The largest absolute Gasteiger partial charge is 0.311 e. The van der Waals surface area contributed by atoms with Crippen LogP contribution in [0.2, 0.25) is 0 Å². The second-order valence-corrected chi connectivity index (χ2v) is 7.80. The molecule has 4 atom stereocenters. The molecule has 1 N–H and O–H groups in total. The molecular weight excluding hydrogens is 220 g/mol. The Morgan fingerprint density at radius 3 is 2.44 bits per heavy atom. The maximum Gasteiger partial charge on any atom is 0.0244 e. The topological polar surface area (TPSA) is 15.3 Å². The molecule has 1 heterocycles. The van der Waals surface area contributed by atoms with E-state index in [1.54, 1.807) is 0 Å². The highest BCUT2D eigenvalue weighted by atomic mass is 15.2. The van der Waals surface area contributed by atoms with Crippen LogP contribution in [0.3, 0.4) is 0 Å². The molecule has 2 rings (SSSR count). The second kappa shape index (κ2) is 5.50. The van der Waals surface area contributed by atoms with E-state index in [2.05, 4.69) is 44.8 Å². The molecule has 1 aliphatic heterocycles. The predicted molar refractivity (Wildman–Crippen MR) is 78.8 cm³/mol. The molecular formula is C16H32N2. The van der Waals surface area contributed by atoms with Gasteiger partial charge in [-0.25, -0.2) is 0 Å². The van der Waals surface area contributed by atoms with Crippen LogP contribution in [0.5, 0.6) is 0 Å². The molecule has 18 heavy (non-hydrogen) atoms. The first-order chi connectivity index (χ1) is 8.38. The summed E-state index contributed by atoms with van der Waals surface area (Å²) in [5.74, 6) is 1.89. The van der Waals surface area contributed by atoms with Crippen molar-refractivity contribution in [1.29, 1.82) is 0 Å². The smallest absolute Gasteiger partial charge is 0.0244 e. The van der Waals surface area contributed by atoms with Crippen LogP contribution in [-0.2, 0) is 0 Å². The molecule has 1 saturated carbocycles. The number of nitrogens with zero attached hydrogens (tertiary/aromatic N) is 1. The van der Waals surface area contributed by atoms with Crippen LogP contribution in [0.15, 0.2) is 0 Å². The zero-order valence-electron chi connectivity index (χ0n) is 13.0. The lowest BCUT2D eigenvalue weighted by Gasteiger charge is -2.45. The molecule has 0 radical (unpaired) electrons. The number of rotatable bonds is 2. The zero-order chi connectivity index (χ0) is 13.3. The Bertz CT molecular complexity index is 267. The molecule has 0 spiro atoms. The average molecular weight is 252 g/mol. The summed E-state index contributed by atoms with van der Waals surface area (Å²) in [4.78, 5) is 2.75. The Labute approximate surface area is 114 Å². The lowest BCUT2D eigenvalue weighted by Crippen LogP contribution is -2.60. The van der Waals surface area contributed by atoms with Crippen molar-refractivity contribution < 1.29 is 0 Å². The van der Waals surface area contributed by atoms with E-state index in [0.717, 1.165) is 18.4 Å². The fraction of sp³-hybridized carbons (Fsp3) is 1.00. The monoisotopic (exact) mass is 252 g/mol. The van der Waals surface area contributed by atoms with Crippen molar-refractivity contribution in [3.63, 3.8) is 0 Å². The number of nitrogens with one attached hydrogen (secondary N) is 1. The minimum Gasteiger partial charge on any atom is -0.311 e. The van der Waals surface area contributed by atoms with Gasteiger partial charge in [0.1, 0.15) is 0 Å². The first kappa shape index (κ1) is 14.3.